The van der Waals surface area contributed by atoms with Crippen LogP contribution in [0.1, 0.15) is 29.6 Å². The van der Waals surface area contributed by atoms with E-state index in [-0.39, 0.29) is 0 Å². The van der Waals surface area contributed by atoms with Crippen molar-refractivity contribution in [2.24, 2.45) is 5.92 Å². The van der Waals surface area contributed by atoms with E-state index < -0.39 is 0 Å². The lowest BCUT2D eigenvalue weighted by atomic mass is 10.1. The first-order chi connectivity index (χ1) is 7.38. The first-order valence-corrected chi connectivity index (χ1v) is 5.70. The molecular formula is C13H15NO. The zero-order chi connectivity index (χ0) is 10.3. The van der Waals surface area contributed by atoms with Gasteiger partial charge in [-0.15, -0.1) is 0 Å². The second kappa shape index (κ2) is 3.37. The van der Waals surface area contributed by atoms with Crippen molar-refractivity contribution in [3.8, 4) is 0 Å². The lowest BCUT2D eigenvalue weighted by Gasteiger charge is -2.29. The summed E-state index contributed by atoms with van der Waals surface area (Å²) in [5.74, 6) is 0.929. The fourth-order valence-corrected chi connectivity index (χ4v) is 2.71. The number of hydrogen-bond acceptors (Lipinski definition) is 2. The van der Waals surface area contributed by atoms with Crippen LogP contribution in [0.15, 0.2) is 24.3 Å². The van der Waals surface area contributed by atoms with E-state index in [0.29, 0.717) is 0 Å². The summed E-state index contributed by atoms with van der Waals surface area (Å²) in [6.45, 7) is 1.16. The van der Waals surface area contributed by atoms with Crippen molar-refractivity contribution in [2.45, 2.75) is 25.3 Å². The van der Waals surface area contributed by atoms with Crippen LogP contribution in [0.25, 0.3) is 0 Å². The van der Waals surface area contributed by atoms with Crippen LogP contribution < -0.4 is 4.90 Å². The highest BCUT2D eigenvalue weighted by Gasteiger charge is 2.43. The van der Waals surface area contributed by atoms with Gasteiger partial charge in [0.2, 0.25) is 0 Å². The minimum Gasteiger partial charge on any atom is -0.368 e. The van der Waals surface area contributed by atoms with E-state index in [9.17, 15) is 4.79 Å². The van der Waals surface area contributed by atoms with E-state index in [4.69, 9.17) is 0 Å². The Balaban J connectivity index is 1.88. The quantitative estimate of drug-likeness (QED) is 0.685. The Labute approximate surface area is 89.9 Å². The highest BCUT2D eigenvalue weighted by molar-refractivity contribution is 5.77. The van der Waals surface area contributed by atoms with Crippen molar-refractivity contribution in [3.05, 3.63) is 29.8 Å². The van der Waals surface area contributed by atoms with Gasteiger partial charge < -0.3 is 4.90 Å². The van der Waals surface area contributed by atoms with Crippen LogP contribution in [0.2, 0.25) is 0 Å². The average Bonchev–Trinajstić information content (AvgIpc) is 3.07. The van der Waals surface area contributed by atoms with Crippen LogP contribution in [0, 0.1) is 5.92 Å². The number of piperidine rings is 1. The molecule has 0 aromatic heterocycles. The standard InChI is InChI=1S/C13H15NO/c15-9-10-3-1-5-12(7-10)14-6-2-4-11-8-13(11)14/h1,3,5,7,9,11,13H,2,4,6,8H2. The maximum atomic E-state index is 10.7. The molecule has 78 valence electrons. The van der Waals surface area contributed by atoms with Gasteiger partial charge in [-0.05, 0) is 37.3 Å². The first kappa shape index (κ1) is 8.96. The second-order valence-electron chi connectivity index (χ2n) is 4.61. The summed E-state index contributed by atoms with van der Waals surface area (Å²) in [6.07, 6.45) is 4.98. The van der Waals surface area contributed by atoms with Gasteiger partial charge in [0.05, 0.1) is 0 Å². The van der Waals surface area contributed by atoms with Crippen molar-refractivity contribution in [2.75, 3.05) is 11.4 Å². The van der Waals surface area contributed by atoms with E-state index in [2.05, 4.69) is 11.0 Å². The van der Waals surface area contributed by atoms with Crippen molar-refractivity contribution >= 4 is 12.0 Å². The van der Waals surface area contributed by atoms with Crippen LogP contribution in [0.3, 0.4) is 0 Å². The molecule has 0 N–H and O–H groups in total. The molecule has 1 heterocycles. The number of fused-ring (bicyclic) bond motifs is 1. The molecule has 1 aromatic rings. The molecule has 0 amide bonds. The maximum Gasteiger partial charge on any atom is 0.150 e. The molecule has 1 aliphatic carbocycles. The molecule has 0 radical (unpaired) electrons. The third-order valence-corrected chi connectivity index (χ3v) is 3.60. The molecule has 2 heteroatoms. The summed E-state index contributed by atoms with van der Waals surface area (Å²) in [6, 6.07) is 8.73. The number of aldehydes is 1. The summed E-state index contributed by atoms with van der Waals surface area (Å²) < 4.78 is 0. The smallest absolute Gasteiger partial charge is 0.150 e. The van der Waals surface area contributed by atoms with Crippen LogP contribution in [0.5, 0.6) is 0 Å². The SMILES string of the molecule is O=Cc1cccc(N2CCCC3CC32)c1. The lowest BCUT2D eigenvalue weighted by molar-refractivity contribution is 0.112. The number of benzene rings is 1. The van der Waals surface area contributed by atoms with E-state index >= 15 is 0 Å². The number of carbonyl (C=O) groups excluding carboxylic acids is 1. The highest BCUT2D eigenvalue weighted by atomic mass is 16.1. The summed E-state index contributed by atoms with van der Waals surface area (Å²) in [5.41, 5.74) is 2.02. The lowest BCUT2D eigenvalue weighted by Crippen LogP contribution is -2.31. The van der Waals surface area contributed by atoms with Gasteiger partial charge in [-0.2, -0.15) is 0 Å². The Hall–Kier alpha value is -1.31. The summed E-state index contributed by atoms with van der Waals surface area (Å²) in [4.78, 5) is 13.2. The largest absolute Gasteiger partial charge is 0.368 e. The summed E-state index contributed by atoms with van der Waals surface area (Å²) in [5, 5.41) is 0. The molecule has 1 saturated carbocycles. The molecule has 2 fully saturated rings. The molecule has 2 nitrogen and oxygen atoms in total. The van der Waals surface area contributed by atoms with E-state index in [0.717, 1.165) is 30.4 Å². The van der Waals surface area contributed by atoms with Crippen molar-refractivity contribution < 1.29 is 4.79 Å². The normalized spacial score (nSPS) is 28.4. The summed E-state index contributed by atoms with van der Waals surface area (Å²) in [7, 11) is 0. The Bertz CT molecular complexity index is 388. The predicted octanol–water partition coefficient (Wildman–Crippen LogP) is 2.49. The summed E-state index contributed by atoms with van der Waals surface area (Å²) >= 11 is 0. The number of anilines is 1. The molecule has 2 unspecified atom stereocenters. The van der Waals surface area contributed by atoms with Gasteiger partial charge in [0.1, 0.15) is 6.29 Å². The Morgan fingerprint density at radius 1 is 1.40 bits per heavy atom. The highest BCUT2D eigenvalue weighted by Crippen LogP contribution is 2.44. The number of nitrogens with zero attached hydrogens (tertiary/aromatic N) is 1. The van der Waals surface area contributed by atoms with Gasteiger partial charge in [-0.1, -0.05) is 12.1 Å². The molecule has 2 aliphatic rings. The Morgan fingerprint density at radius 3 is 3.20 bits per heavy atom. The third kappa shape index (κ3) is 1.54. The van der Waals surface area contributed by atoms with Crippen LogP contribution >= 0.6 is 0 Å². The Morgan fingerprint density at radius 2 is 2.33 bits per heavy atom. The first-order valence-electron chi connectivity index (χ1n) is 5.70. The monoisotopic (exact) mass is 201 g/mol. The van der Waals surface area contributed by atoms with Crippen LogP contribution in [-0.4, -0.2) is 18.9 Å². The van der Waals surface area contributed by atoms with Gasteiger partial charge in [0, 0.05) is 23.8 Å². The minimum absolute atomic E-state index is 0.764. The molecule has 0 spiro atoms. The van der Waals surface area contributed by atoms with E-state index in [1.807, 2.05) is 18.2 Å². The molecule has 3 rings (SSSR count). The molecular weight excluding hydrogens is 186 g/mol. The number of hydrogen-bond donors (Lipinski definition) is 0. The zero-order valence-corrected chi connectivity index (χ0v) is 8.73. The molecule has 1 saturated heterocycles. The van der Waals surface area contributed by atoms with Crippen molar-refractivity contribution in [3.63, 3.8) is 0 Å². The van der Waals surface area contributed by atoms with E-state index in [1.165, 1.54) is 24.9 Å². The zero-order valence-electron chi connectivity index (χ0n) is 8.73. The fraction of sp³-hybridized carbons (Fsp3) is 0.462. The maximum absolute atomic E-state index is 10.7. The van der Waals surface area contributed by atoms with Crippen molar-refractivity contribution in [1.29, 1.82) is 0 Å². The van der Waals surface area contributed by atoms with Crippen molar-refractivity contribution in [1.82, 2.24) is 0 Å². The molecule has 15 heavy (non-hydrogen) atoms. The predicted molar refractivity (Wildman–Crippen MR) is 60.3 cm³/mol. The molecule has 1 aliphatic heterocycles. The van der Waals surface area contributed by atoms with Gasteiger partial charge >= 0.3 is 0 Å². The molecule has 1 aromatic carbocycles. The van der Waals surface area contributed by atoms with Crippen LogP contribution in [-0.2, 0) is 0 Å². The van der Waals surface area contributed by atoms with Gasteiger partial charge in [-0.25, -0.2) is 0 Å². The fourth-order valence-electron chi connectivity index (χ4n) is 2.71. The second-order valence-corrected chi connectivity index (χ2v) is 4.61. The molecule has 2 atom stereocenters. The average molecular weight is 201 g/mol. The number of rotatable bonds is 2. The van der Waals surface area contributed by atoms with Gasteiger partial charge in [0.25, 0.3) is 0 Å². The molecule has 0 bridgehead atoms. The topological polar surface area (TPSA) is 20.3 Å². The van der Waals surface area contributed by atoms with Gasteiger partial charge in [-0.3, -0.25) is 4.79 Å². The third-order valence-electron chi connectivity index (χ3n) is 3.60. The minimum atomic E-state index is 0.764. The van der Waals surface area contributed by atoms with Crippen LogP contribution in [0.4, 0.5) is 5.69 Å². The Kier molecular flexibility index (Phi) is 2.01. The van der Waals surface area contributed by atoms with Gasteiger partial charge in [0.15, 0.2) is 0 Å². The van der Waals surface area contributed by atoms with E-state index in [1.54, 1.807) is 0 Å². The number of carbonyl (C=O) groups is 1.